The zero-order valence-electron chi connectivity index (χ0n) is 11.8. The first-order valence-corrected chi connectivity index (χ1v) is 7.29. The van der Waals surface area contributed by atoms with Crippen LogP contribution in [-0.2, 0) is 4.79 Å². The van der Waals surface area contributed by atoms with Crippen LogP contribution in [0.4, 0.5) is 5.69 Å². The summed E-state index contributed by atoms with van der Waals surface area (Å²) in [7, 11) is 1.66. The number of carbonyl (C=O) groups is 2. The Morgan fingerprint density at radius 3 is 2.36 bits per heavy atom. The van der Waals surface area contributed by atoms with Crippen LogP contribution < -0.4 is 10.2 Å². The van der Waals surface area contributed by atoms with Gasteiger partial charge in [0.25, 0.3) is 5.91 Å². The summed E-state index contributed by atoms with van der Waals surface area (Å²) in [6, 6.07) is 13.7. The second kappa shape index (κ2) is 7.29. The number of likely N-dealkylation sites (N-methyl/N-ethyl adjacent to an activating group) is 1. The second-order valence-electron chi connectivity index (χ2n) is 4.60. The Kier molecular flexibility index (Phi) is 5.41. The van der Waals surface area contributed by atoms with Crippen molar-refractivity contribution in [2.45, 2.75) is 0 Å². The molecule has 22 heavy (non-hydrogen) atoms. The minimum Gasteiger partial charge on any atom is -0.343 e. The van der Waals surface area contributed by atoms with E-state index in [-0.39, 0.29) is 18.4 Å². The highest BCUT2D eigenvalue weighted by Crippen LogP contribution is 2.22. The van der Waals surface area contributed by atoms with Gasteiger partial charge in [-0.05, 0) is 30.3 Å². The lowest BCUT2D eigenvalue weighted by Crippen LogP contribution is -2.38. The fraction of sp³-hybridized carbons (Fsp3) is 0.125. The van der Waals surface area contributed by atoms with E-state index >= 15 is 0 Å². The molecule has 0 fully saturated rings. The molecule has 0 aliphatic rings. The van der Waals surface area contributed by atoms with Gasteiger partial charge in [0.2, 0.25) is 5.91 Å². The molecule has 0 unspecified atom stereocenters. The number of halogens is 2. The van der Waals surface area contributed by atoms with Crippen LogP contribution in [0.1, 0.15) is 10.4 Å². The van der Waals surface area contributed by atoms with Gasteiger partial charge in [0.1, 0.15) is 0 Å². The van der Waals surface area contributed by atoms with E-state index in [1.807, 2.05) is 30.3 Å². The lowest BCUT2D eigenvalue weighted by atomic mass is 10.2. The van der Waals surface area contributed by atoms with Crippen LogP contribution in [0.3, 0.4) is 0 Å². The summed E-state index contributed by atoms with van der Waals surface area (Å²) in [5.41, 5.74) is 1.11. The van der Waals surface area contributed by atoms with E-state index in [4.69, 9.17) is 23.2 Å². The molecule has 0 aliphatic heterocycles. The van der Waals surface area contributed by atoms with Crippen molar-refractivity contribution in [3.8, 4) is 0 Å². The molecular formula is C16H14Cl2N2O2. The minimum absolute atomic E-state index is 0.107. The Bertz CT molecular complexity index is 690. The van der Waals surface area contributed by atoms with Crippen LogP contribution in [0.15, 0.2) is 48.5 Å². The van der Waals surface area contributed by atoms with Gasteiger partial charge in [-0.3, -0.25) is 9.59 Å². The van der Waals surface area contributed by atoms with Crippen LogP contribution >= 0.6 is 23.2 Å². The normalized spacial score (nSPS) is 10.1. The predicted molar refractivity (Wildman–Crippen MR) is 88.6 cm³/mol. The first-order chi connectivity index (χ1) is 10.5. The van der Waals surface area contributed by atoms with Gasteiger partial charge in [-0.25, -0.2) is 0 Å². The van der Waals surface area contributed by atoms with Crippen molar-refractivity contribution in [3.63, 3.8) is 0 Å². The first kappa shape index (κ1) is 16.3. The molecule has 4 nitrogen and oxygen atoms in total. The highest BCUT2D eigenvalue weighted by atomic mass is 35.5. The zero-order valence-corrected chi connectivity index (χ0v) is 13.4. The number of hydrogen-bond donors (Lipinski definition) is 1. The Hall–Kier alpha value is -2.04. The Balaban J connectivity index is 1.96. The van der Waals surface area contributed by atoms with E-state index in [0.717, 1.165) is 5.69 Å². The van der Waals surface area contributed by atoms with Crippen LogP contribution in [0.25, 0.3) is 0 Å². The highest BCUT2D eigenvalue weighted by Gasteiger charge is 2.13. The number of benzene rings is 2. The molecule has 6 heteroatoms. The van der Waals surface area contributed by atoms with Gasteiger partial charge in [-0.2, -0.15) is 0 Å². The predicted octanol–water partition coefficient (Wildman–Crippen LogP) is 3.39. The fourth-order valence-corrected chi connectivity index (χ4v) is 2.11. The molecule has 0 heterocycles. The van der Waals surface area contributed by atoms with Crippen molar-refractivity contribution in [1.29, 1.82) is 0 Å². The summed E-state index contributed by atoms with van der Waals surface area (Å²) in [4.78, 5) is 25.5. The largest absolute Gasteiger partial charge is 0.343 e. The van der Waals surface area contributed by atoms with Crippen LogP contribution in [0.5, 0.6) is 0 Å². The highest BCUT2D eigenvalue weighted by molar-refractivity contribution is 6.42. The number of rotatable bonds is 4. The van der Waals surface area contributed by atoms with Gasteiger partial charge in [0.15, 0.2) is 0 Å². The Labute approximate surface area is 138 Å². The minimum atomic E-state index is -0.381. The molecule has 2 aromatic rings. The third-order valence-electron chi connectivity index (χ3n) is 3.10. The van der Waals surface area contributed by atoms with Gasteiger partial charge < -0.3 is 10.2 Å². The second-order valence-corrected chi connectivity index (χ2v) is 5.41. The van der Waals surface area contributed by atoms with Gasteiger partial charge >= 0.3 is 0 Å². The maximum absolute atomic E-state index is 12.1. The van der Waals surface area contributed by atoms with Crippen molar-refractivity contribution in [2.75, 3.05) is 18.5 Å². The first-order valence-electron chi connectivity index (χ1n) is 6.54. The van der Waals surface area contributed by atoms with E-state index in [0.29, 0.717) is 15.6 Å². The maximum Gasteiger partial charge on any atom is 0.251 e. The smallest absolute Gasteiger partial charge is 0.251 e. The monoisotopic (exact) mass is 336 g/mol. The van der Waals surface area contributed by atoms with Crippen LogP contribution in [-0.4, -0.2) is 25.4 Å². The fourth-order valence-electron chi connectivity index (χ4n) is 1.81. The summed E-state index contributed by atoms with van der Waals surface area (Å²) >= 11 is 11.7. The third-order valence-corrected chi connectivity index (χ3v) is 3.84. The van der Waals surface area contributed by atoms with E-state index in [2.05, 4.69) is 5.32 Å². The third kappa shape index (κ3) is 4.00. The molecule has 2 aromatic carbocycles. The maximum atomic E-state index is 12.1. The number of amides is 2. The van der Waals surface area contributed by atoms with Gasteiger partial charge in [0.05, 0.1) is 16.6 Å². The summed E-state index contributed by atoms with van der Waals surface area (Å²) in [6.45, 7) is -0.107. The van der Waals surface area contributed by atoms with E-state index < -0.39 is 0 Å². The average Bonchev–Trinajstić information content (AvgIpc) is 2.54. The number of carbonyl (C=O) groups excluding carboxylic acids is 2. The molecule has 0 radical (unpaired) electrons. The molecule has 0 spiro atoms. The van der Waals surface area contributed by atoms with Gasteiger partial charge in [-0.15, -0.1) is 0 Å². The number of hydrogen-bond acceptors (Lipinski definition) is 2. The molecule has 1 N–H and O–H groups in total. The van der Waals surface area contributed by atoms with E-state index in [1.54, 1.807) is 13.1 Å². The van der Waals surface area contributed by atoms with E-state index in [9.17, 15) is 9.59 Å². The SMILES string of the molecule is CN(C(=O)CNC(=O)c1ccc(Cl)c(Cl)c1)c1ccccc1. The van der Waals surface area contributed by atoms with Gasteiger partial charge in [-0.1, -0.05) is 41.4 Å². The molecule has 2 amide bonds. The van der Waals surface area contributed by atoms with Crippen molar-refractivity contribution in [3.05, 3.63) is 64.1 Å². The number of nitrogens with one attached hydrogen (secondary N) is 1. The molecule has 0 saturated carbocycles. The molecule has 0 atom stereocenters. The van der Waals surface area contributed by atoms with Crippen molar-refractivity contribution in [1.82, 2.24) is 5.32 Å². The van der Waals surface area contributed by atoms with Crippen LogP contribution in [0, 0.1) is 0 Å². The topological polar surface area (TPSA) is 49.4 Å². The zero-order chi connectivity index (χ0) is 16.1. The lowest BCUT2D eigenvalue weighted by Gasteiger charge is -2.17. The summed E-state index contributed by atoms with van der Waals surface area (Å²) in [6.07, 6.45) is 0. The van der Waals surface area contributed by atoms with Crippen LogP contribution in [0.2, 0.25) is 10.0 Å². The molecule has 0 aliphatic carbocycles. The van der Waals surface area contributed by atoms with Crippen molar-refractivity contribution < 1.29 is 9.59 Å². The molecular weight excluding hydrogens is 323 g/mol. The summed E-state index contributed by atoms with van der Waals surface area (Å²) in [5.74, 6) is -0.604. The van der Waals surface area contributed by atoms with Crippen molar-refractivity contribution >= 4 is 40.7 Å². The van der Waals surface area contributed by atoms with E-state index in [1.165, 1.54) is 17.0 Å². The molecule has 2 rings (SSSR count). The molecule has 0 saturated heterocycles. The molecule has 0 aromatic heterocycles. The number of anilines is 1. The quantitative estimate of drug-likeness (QED) is 0.930. The average molecular weight is 337 g/mol. The standard InChI is InChI=1S/C16H14Cl2N2O2/c1-20(12-5-3-2-4-6-12)15(21)10-19-16(22)11-7-8-13(17)14(18)9-11/h2-9H,10H2,1H3,(H,19,22). The molecule has 0 bridgehead atoms. The summed E-state index contributed by atoms with van der Waals surface area (Å²) < 4.78 is 0. The number of nitrogens with zero attached hydrogens (tertiary/aromatic N) is 1. The molecule has 114 valence electrons. The lowest BCUT2D eigenvalue weighted by molar-refractivity contribution is -0.117. The summed E-state index contributed by atoms with van der Waals surface area (Å²) in [5, 5.41) is 3.23. The van der Waals surface area contributed by atoms with Gasteiger partial charge in [0, 0.05) is 18.3 Å². The number of para-hydroxylation sites is 1. The Morgan fingerprint density at radius 2 is 1.73 bits per heavy atom. The van der Waals surface area contributed by atoms with Crippen molar-refractivity contribution in [2.24, 2.45) is 0 Å². The Morgan fingerprint density at radius 1 is 1.05 bits per heavy atom.